The lowest BCUT2D eigenvalue weighted by Crippen LogP contribution is -2.34. The predicted molar refractivity (Wildman–Crippen MR) is 92.4 cm³/mol. The predicted octanol–water partition coefficient (Wildman–Crippen LogP) is 5.39. The molecule has 0 nitrogen and oxygen atoms in total. The van der Waals surface area contributed by atoms with Crippen LogP contribution >= 0.6 is 45.8 Å². The second-order valence-corrected chi connectivity index (χ2v) is 6.61. The van der Waals surface area contributed by atoms with Gasteiger partial charge in [0.05, 0.1) is 0 Å². The lowest BCUT2D eigenvalue weighted by atomic mass is 9.78. The summed E-state index contributed by atoms with van der Waals surface area (Å²) in [5.74, 6) is 0.312. The van der Waals surface area contributed by atoms with Gasteiger partial charge >= 0.3 is 0 Å². The van der Waals surface area contributed by atoms with E-state index in [1.807, 2.05) is 30.3 Å². The van der Waals surface area contributed by atoms with Crippen molar-refractivity contribution in [2.24, 2.45) is 0 Å². The molecule has 0 bridgehead atoms. The van der Waals surface area contributed by atoms with Gasteiger partial charge in [0.15, 0.2) is 0 Å². The zero-order valence-corrected chi connectivity index (χ0v) is 14.4. The Morgan fingerprint density at radius 3 is 2.10 bits per heavy atom. The molecule has 0 amide bonds. The van der Waals surface area contributed by atoms with Crippen LogP contribution in [0.3, 0.4) is 0 Å². The average molecular weight is 423 g/mol. The lowest BCUT2D eigenvalue weighted by molar-refractivity contribution is 0.491. The molecule has 2 aromatic rings. The van der Waals surface area contributed by atoms with E-state index in [-0.39, 0.29) is 17.6 Å². The molecule has 0 radical (unpaired) electrons. The van der Waals surface area contributed by atoms with E-state index >= 15 is 0 Å². The molecule has 0 aliphatic heterocycles. The van der Waals surface area contributed by atoms with Crippen molar-refractivity contribution < 1.29 is 4.39 Å². The third-order valence-electron chi connectivity index (χ3n) is 3.41. The van der Waals surface area contributed by atoms with Crippen molar-refractivity contribution in [3.63, 3.8) is 0 Å². The fraction of sp³-hybridized carbons (Fsp3) is 0.250. The Morgan fingerprint density at radius 2 is 1.55 bits per heavy atom. The fourth-order valence-corrected chi connectivity index (χ4v) is 3.38. The number of benzene rings is 2. The lowest BCUT2D eigenvalue weighted by Gasteiger charge is -2.30. The maximum atomic E-state index is 14.1. The van der Waals surface area contributed by atoms with Crippen LogP contribution in [0.2, 0.25) is 0 Å². The molecule has 0 aliphatic rings. The van der Waals surface area contributed by atoms with Gasteiger partial charge in [-0.25, -0.2) is 4.39 Å². The minimum absolute atomic E-state index is 0.251. The smallest absolute Gasteiger partial charge is 0.127 e. The van der Waals surface area contributed by atoms with Gasteiger partial charge in [-0.05, 0) is 58.3 Å². The maximum absolute atomic E-state index is 14.1. The van der Waals surface area contributed by atoms with E-state index in [2.05, 4.69) is 22.6 Å². The van der Waals surface area contributed by atoms with Crippen molar-refractivity contribution in [1.29, 1.82) is 0 Å². The highest BCUT2D eigenvalue weighted by Crippen LogP contribution is 2.33. The van der Waals surface area contributed by atoms with E-state index in [0.29, 0.717) is 12.0 Å². The highest BCUT2D eigenvalue weighted by molar-refractivity contribution is 14.1. The average Bonchev–Trinajstić information content (AvgIpc) is 2.48. The Hall–Kier alpha value is -0.320. The minimum Gasteiger partial charge on any atom is -0.207 e. The molecule has 0 fully saturated rings. The van der Waals surface area contributed by atoms with E-state index in [4.69, 9.17) is 23.2 Å². The summed E-state index contributed by atoms with van der Waals surface area (Å²) < 4.78 is 15.3. The Labute approximate surface area is 142 Å². The van der Waals surface area contributed by atoms with Gasteiger partial charge in [0.1, 0.15) is 5.82 Å². The topological polar surface area (TPSA) is 0 Å². The normalized spacial score (nSPS) is 11.6. The quantitative estimate of drug-likeness (QED) is 0.447. The van der Waals surface area contributed by atoms with Crippen molar-refractivity contribution in [2.75, 3.05) is 11.8 Å². The minimum atomic E-state index is -0.582. The van der Waals surface area contributed by atoms with E-state index in [1.54, 1.807) is 12.1 Å². The Balaban J connectivity index is 2.39. The zero-order valence-electron chi connectivity index (χ0n) is 10.8. The van der Waals surface area contributed by atoms with Crippen LogP contribution in [0, 0.1) is 9.39 Å². The summed E-state index contributed by atoms with van der Waals surface area (Å²) in [4.78, 5) is 0. The van der Waals surface area contributed by atoms with Crippen LogP contribution in [0.4, 0.5) is 4.39 Å². The first-order chi connectivity index (χ1) is 9.61. The molecule has 0 atom stereocenters. The molecular formula is C16H14Cl2FI. The van der Waals surface area contributed by atoms with Gasteiger partial charge in [0.25, 0.3) is 0 Å². The van der Waals surface area contributed by atoms with Gasteiger partial charge in [-0.1, -0.05) is 30.3 Å². The second kappa shape index (κ2) is 7.10. The van der Waals surface area contributed by atoms with Crippen LogP contribution in [0.5, 0.6) is 0 Å². The van der Waals surface area contributed by atoms with Gasteiger partial charge in [-0.2, -0.15) is 0 Å². The molecule has 0 saturated carbocycles. The molecule has 20 heavy (non-hydrogen) atoms. The Kier molecular flexibility index (Phi) is 5.70. The Bertz CT molecular complexity index is 565. The number of hydrogen-bond donors (Lipinski definition) is 0. The van der Waals surface area contributed by atoms with Crippen molar-refractivity contribution in [1.82, 2.24) is 0 Å². The van der Waals surface area contributed by atoms with Gasteiger partial charge in [-0.3, -0.25) is 0 Å². The fourth-order valence-electron chi connectivity index (χ4n) is 2.25. The van der Waals surface area contributed by atoms with Gasteiger partial charge in [0, 0.05) is 20.7 Å². The largest absolute Gasteiger partial charge is 0.207 e. The van der Waals surface area contributed by atoms with Crippen LogP contribution in [-0.4, -0.2) is 11.8 Å². The molecule has 0 unspecified atom stereocenters. The molecule has 106 valence electrons. The summed E-state index contributed by atoms with van der Waals surface area (Å²) in [6.07, 6.45) is 0.623. The van der Waals surface area contributed by atoms with Crippen molar-refractivity contribution in [2.45, 2.75) is 11.8 Å². The third-order valence-corrected chi connectivity index (χ3v) is 5.15. The van der Waals surface area contributed by atoms with E-state index < -0.39 is 5.41 Å². The first-order valence-electron chi connectivity index (χ1n) is 6.23. The Morgan fingerprint density at radius 1 is 0.950 bits per heavy atom. The molecule has 0 saturated heterocycles. The van der Waals surface area contributed by atoms with Crippen LogP contribution < -0.4 is 0 Å². The van der Waals surface area contributed by atoms with Crippen molar-refractivity contribution in [3.05, 3.63) is 69.0 Å². The van der Waals surface area contributed by atoms with Crippen molar-refractivity contribution in [3.8, 4) is 0 Å². The SMILES string of the molecule is Fc1ccccc1C(CCl)(CCl)Cc1ccc(I)cc1. The summed E-state index contributed by atoms with van der Waals surface area (Å²) in [5, 5.41) is 0. The van der Waals surface area contributed by atoms with Crippen LogP contribution in [0.25, 0.3) is 0 Å². The summed E-state index contributed by atoms with van der Waals surface area (Å²) in [5.41, 5.74) is 1.11. The molecule has 2 aromatic carbocycles. The zero-order chi connectivity index (χ0) is 14.6. The number of hydrogen-bond acceptors (Lipinski definition) is 0. The summed E-state index contributed by atoms with van der Waals surface area (Å²) in [6.45, 7) is 0. The monoisotopic (exact) mass is 422 g/mol. The van der Waals surface area contributed by atoms with E-state index in [9.17, 15) is 4.39 Å². The van der Waals surface area contributed by atoms with E-state index in [0.717, 1.165) is 5.56 Å². The molecule has 0 aromatic heterocycles. The number of rotatable bonds is 5. The molecule has 2 rings (SSSR count). The summed E-state index contributed by atoms with van der Waals surface area (Å²) in [6, 6.07) is 14.9. The van der Waals surface area contributed by atoms with Crippen molar-refractivity contribution >= 4 is 45.8 Å². The third kappa shape index (κ3) is 3.46. The second-order valence-electron chi connectivity index (χ2n) is 4.83. The van der Waals surface area contributed by atoms with Gasteiger partial charge < -0.3 is 0 Å². The van der Waals surface area contributed by atoms with Gasteiger partial charge in [0.2, 0.25) is 0 Å². The highest BCUT2D eigenvalue weighted by atomic mass is 127. The first kappa shape index (κ1) is 16.1. The number of halogens is 4. The molecule has 4 heteroatoms. The molecular weight excluding hydrogens is 409 g/mol. The molecule has 0 spiro atoms. The van der Waals surface area contributed by atoms with Crippen LogP contribution in [0.1, 0.15) is 11.1 Å². The van der Waals surface area contributed by atoms with Crippen LogP contribution in [-0.2, 0) is 11.8 Å². The standard InChI is InChI=1S/C16H14Cl2FI/c17-10-16(11-18,14-3-1-2-4-15(14)19)9-12-5-7-13(20)8-6-12/h1-8H,9-11H2. The maximum Gasteiger partial charge on any atom is 0.127 e. The van der Waals surface area contributed by atoms with Crippen LogP contribution in [0.15, 0.2) is 48.5 Å². The van der Waals surface area contributed by atoms with E-state index in [1.165, 1.54) is 9.64 Å². The molecule has 0 heterocycles. The first-order valence-corrected chi connectivity index (χ1v) is 8.37. The summed E-state index contributed by atoms with van der Waals surface area (Å²) in [7, 11) is 0. The molecule has 0 aliphatic carbocycles. The highest BCUT2D eigenvalue weighted by Gasteiger charge is 2.33. The number of alkyl halides is 2. The molecule has 0 N–H and O–H groups in total. The summed E-state index contributed by atoms with van der Waals surface area (Å²) >= 11 is 14.6. The van der Waals surface area contributed by atoms with Gasteiger partial charge in [-0.15, -0.1) is 23.2 Å².